The van der Waals surface area contributed by atoms with Crippen LogP contribution in [0.25, 0.3) is 0 Å². The minimum Gasteiger partial charge on any atom is -0.478 e. The summed E-state index contributed by atoms with van der Waals surface area (Å²) in [5.74, 6) is -4.11. The van der Waals surface area contributed by atoms with Gasteiger partial charge in [0.05, 0.1) is 11.0 Å². The number of halogens is 2. The monoisotopic (exact) mass is 202 g/mol. The molecule has 0 saturated carbocycles. The molecule has 0 atom stereocenters. The number of hydrogen-bond donors (Lipinski definition) is 3. The summed E-state index contributed by atoms with van der Waals surface area (Å²) in [6.07, 6.45) is 0. The van der Waals surface area contributed by atoms with Crippen LogP contribution in [0.1, 0.15) is 10.4 Å². The molecule has 0 aliphatic heterocycles. The van der Waals surface area contributed by atoms with E-state index in [1.807, 2.05) is 0 Å². The Labute approximate surface area is 77.6 Å². The smallest absolute Gasteiger partial charge is 0.478 e. The summed E-state index contributed by atoms with van der Waals surface area (Å²) in [6.45, 7) is 0. The van der Waals surface area contributed by atoms with Crippen molar-refractivity contribution in [3.05, 3.63) is 29.3 Å². The van der Waals surface area contributed by atoms with E-state index in [4.69, 9.17) is 15.2 Å². The fourth-order valence-corrected chi connectivity index (χ4v) is 0.954. The van der Waals surface area contributed by atoms with Crippen molar-refractivity contribution in [3.63, 3.8) is 0 Å². The summed E-state index contributed by atoms with van der Waals surface area (Å²) < 4.78 is 25.8. The lowest BCUT2D eigenvalue weighted by Crippen LogP contribution is -2.36. The first-order valence-electron chi connectivity index (χ1n) is 3.52. The van der Waals surface area contributed by atoms with Crippen molar-refractivity contribution in [3.8, 4) is 0 Å². The Kier molecular flexibility index (Phi) is 2.83. The molecule has 0 aromatic heterocycles. The molecular weight excluding hydrogens is 197 g/mol. The summed E-state index contributed by atoms with van der Waals surface area (Å²) in [5.41, 5.74) is -1.56. The van der Waals surface area contributed by atoms with Gasteiger partial charge in [0.25, 0.3) is 0 Å². The lowest BCUT2D eigenvalue weighted by Gasteiger charge is -2.04. The molecule has 1 rings (SSSR count). The molecule has 0 aliphatic carbocycles. The van der Waals surface area contributed by atoms with Gasteiger partial charge in [0.2, 0.25) is 0 Å². The lowest BCUT2D eigenvalue weighted by atomic mass is 9.79. The van der Waals surface area contributed by atoms with Crippen LogP contribution in [0.3, 0.4) is 0 Å². The van der Waals surface area contributed by atoms with Crippen molar-refractivity contribution in [1.29, 1.82) is 0 Å². The van der Waals surface area contributed by atoms with Gasteiger partial charge >= 0.3 is 13.1 Å². The van der Waals surface area contributed by atoms with Gasteiger partial charge in [-0.3, -0.25) is 0 Å². The summed E-state index contributed by atoms with van der Waals surface area (Å²) in [5, 5.41) is 25.5. The summed E-state index contributed by atoms with van der Waals surface area (Å²) in [6, 6.07) is 1.03. The van der Waals surface area contributed by atoms with E-state index >= 15 is 0 Å². The maximum Gasteiger partial charge on any atom is 0.494 e. The van der Waals surface area contributed by atoms with Crippen molar-refractivity contribution >= 4 is 18.6 Å². The molecule has 0 amide bonds. The largest absolute Gasteiger partial charge is 0.494 e. The zero-order chi connectivity index (χ0) is 10.9. The number of carboxylic acid groups (broad SMARTS) is 1. The van der Waals surface area contributed by atoms with Gasteiger partial charge in [0.1, 0.15) is 11.6 Å². The number of hydrogen-bond acceptors (Lipinski definition) is 3. The van der Waals surface area contributed by atoms with Crippen LogP contribution in [0.5, 0.6) is 0 Å². The Balaban J connectivity index is 3.32. The number of benzene rings is 1. The van der Waals surface area contributed by atoms with Crippen LogP contribution < -0.4 is 5.46 Å². The van der Waals surface area contributed by atoms with Crippen LogP contribution in [0, 0.1) is 11.6 Å². The molecule has 0 bridgehead atoms. The van der Waals surface area contributed by atoms with Gasteiger partial charge in [-0.25, -0.2) is 13.6 Å². The normalized spacial score (nSPS) is 10.0. The average Bonchev–Trinajstić information content (AvgIpc) is 2.01. The molecule has 0 spiro atoms. The first-order valence-corrected chi connectivity index (χ1v) is 3.52. The molecule has 14 heavy (non-hydrogen) atoms. The van der Waals surface area contributed by atoms with Crippen molar-refractivity contribution in [1.82, 2.24) is 0 Å². The Morgan fingerprint density at radius 1 is 1.21 bits per heavy atom. The maximum atomic E-state index is 12.9. The third-order valence-electron chi connectivity index (χ3n) is 1.58. The van der Waals surface area contributed by atoms with Crippen LogP contribution in [0.15, 0.2) is 12.1 Å². The Bertz CT molecular complexity index is 357. The number of aromatic carboxylic acids is 1. The van der Waals surface area contributed by atoms with E-state index in [0.717, 1.165) is 0 Å². The van der Waals surface area contributed by atoms with Gasteiger partial charge in [-0.1, -0.05) is 0 Å². The third kappa shape index (κ3) is 1.89. The topological polar surface area (TPSA) is 77.8 Å². The van der Waals surface area contributed by atoms with Crippen LogP contribution in [0.2, 0.25) is 0 Å². The number of rotatable bonds is 2. The molecule has 7 heteroatoms. The molecule has 4 nitrogen and oxygen atoms in total. The van der Waals surface area contributed by atoms with E-state index < -0.39 is 35.7 Å². The second-order valence-electron chi connectivity index (χ2n) is 2.53. The second-order valence-corrected chi connectivity index (χ2v) is 2.53. The van der Waals surface area contributed by atoms with Crippen LogP contribution in [-0.4, -0.2) is 28.2 Å². The molecule has 0 aliphatic rings. The standard InChI is InChI=1S/C7H5BF2O4/c9-4-1-3(7(11)12)2-5(10)6(4)8(13)14/h1-2,13-14H,(H,11,12). The zero-order valence-electron chi connectivity index (χ0n) is 6.74. The second kappa shape index (κ2) is 3.73. The summed E-state index contributed by atoms with van der Waals surface area (Å²) in [4.78, 5) is 10.3. The Hall–Kier alpha value is -1.47. The van der Waals surface area contributed by atoms with Crippen molar-refractivity contribution in [2.45, 2.75) is 0 Å². The molecule has 0 unspecified atom stereocenters. The highest BCUT2D eigenvalue weighted by Crippen LogP contribution is 2.06. The number of carbonyl (C=O) groups is 1. The van der Waals surface area contributed by atoms with Crippen molar-refractivity contribution in [2.75, 3.05) is 0 Å². The quantitative estimate of drug-likeness (QED) is 0.556. The maximum absolute atomic E-state index is 12.9. The molecular formula is C7H5BF2O4. The molecule has 0 fully saturated rings. The first-order chi connectivity index (χ1) is 6.43. The predicted octanol–water partition coefficient (Wildman–Crippen LogP) is -0.657. The van der Waals surface area contributed by atoms with E-state index in [2.05, 4.69) is 0 Å². The predicted molar refractivity (Wildman–Crippen MR) is 43.1 cm³/mol. The highest BCUT2D eigenvalue weighted by molar-refractivity contribution is 6.58. The van der Waals surface area contributed by atoms with Gasteiger partial charge in [-0.05, 0) is 12.1 Å². The van der Waals surface area contributed by atoms with E-state index in [0.29, 0.717) is 12.1 Å². The molecule has 1 aromatic carbocycles. The SMILES string of the molecule is O=C(O)c1cc(F)c(B(O)O)c(F)c1. The van der Waals surface area contributed by atoms with Crippen LogP contribution >= 0.6 is 0 Å². The highest BCUT2D eigenvalue weighted by Gasteiger charge is 2.23. The summed E-state index contributed by atoms with van der Waals surface area (Å²) >= 11 is 0. The minimum atomic E-state index is -2.31. The van der Waals surface area contributed by atoms with Gasteiger partial charge in [0, 0.05) is 0 Å². The zero-order valence-corrected chi connectivity index (χ0v) is 6.74. The highest BCUT2D eigenvalue weighted by atomic mass is 19.1. The molecule has 0 heterocycles. The molecule has 1 aromatic rings. The molecule has 0 radical (unpaired) electrons. The molecule has 74 valence electrons. The minimum absolute atomic E-state index is 0.514. The Morgan fingerprint density at radius 2 is 1.64 bits per heavy atom. The van der Waals surface area contributed by atoms with E-state index in [1.165, 1.54) is 0 Å². The van der Waals surface area contributed by atoms with Crippen LogP contribution in [0.4, 0.5) is 8.78 Å². The number of carboxylic acids is 1. The fraction of sp³-hybridized carbons (Fsp3) is 0. The summed E-state index contributed by atoms with van der Waals surface area (Å²) in [7, 11) is -2.31. The first kappa shape index (κ1) is 10.6. The average molecular weight is 202 g/mol. The van der Waals surface area contributed by atoms with Crippen molar-refractivity contribution in [2.24, 2.45) is 0 Å². The van der Waals surface area contributed by atoms with E-state index in [-0.39, 0.29) is 0 Å². The molecule has 3 N–H and O–H groups in total. The van der Waals surface area contributed by atoms with Crippen molar-refractivity contribution < 1.29 is 28.7 Å². The molecule has 0 saturated heterocycles. The van der Waals surface area contributed by atoms with Gasteiger partial charge in [-0.2, -0.15) is 0 Å². The van der Waals surface area contributed by atoms with E-state index in [1.54, 1.807) is 0 Å². The Morgan fingerprint density at radius 3 is 1.93 bits per heavy atom. The van der Waals surface area contributed by atoms with Gasteiger partial charge in [0.15, 0.2) is 0 Å². The van der Waals surface area contributed by atoms with Gasteiger partial charge < -0.3 is 15.2 Å². The van der Waals surface area contributed by atoms with Crippen LogP contribution in [-0.2, 0) is 0 Å². The fourth-order valence-electron chi connectivity index (χ4n) is 0.954. The van der Waals surface area contributed by atoms with Gasteiger partial charge in [-0.15, -0.1) is 0 Å². The lowest BCUT2D eigenvalue weighted by molar-refractivity contribution is 0.0695. The third-order valence-corrected chi connectivity index (χ3v) is 1.58. The van der Waals surface area contributed by atoms with E-state index in [9.17, 15) is 13.6 Å².